The Kier molecular flexibility index (Phi) is 4.65. The Bertz CT molecular complexity index is 649. The molecule has 2 heterocycles. The van der Waals surface area contributed by atoms with E-state index in [1.165, 1.54) is 22.4 Å². The topological polar surface area (TPSA) is 19.4 Å². The Morgan fingerprint density at radius 3 is 2.55 bits per heavy atom. The zero-order valence-electron chi connectivity index (χ0n) is 13.2. The lowest BCUT2D eigenvalue weighted by Crippen LogP contribution is -2.46. The summed E-state index contributed by atoms with van der Waals surface area (Å²) in [5, 5.41) is 0.815. The van der Waals surface area contributed by atoms with Gasteiger partial charge in [-0.3, -0.25) is 9.88 Å². The molecule has 0 unspecified atom stereocenters. The van der Waals surface area contributed by atoms with Crippen molar-refractivity contribution in [3.8, 4) is 0 Å². The van der Waals surface area contributed by atoms with Crippen LogP contribution in [0.2, 0.25) is 5.02 Å². The van der Waals surface area contributed by atoms with E-state index in [0.29, 0.717) is 0 Å². The lowest BCUT2D eigenvalue weighted by Gasteiger charge is -2.37. The third-order valence-corrected chi connectivity index (χ3v) is 4.65. The molecule has 0 atom stereocenters. The Morgan fingerprint density at radius 2 is 1.82 bits per heavy atom. The summed E-state index contributed by atoms with van der Waals surface area (Å²) in [7, 11) is 0. The quantitative estimate of drug-likeness (QED) is 0.861. The second kappa shape index (κ2) is 6.67. The molecular formula is C18H22ClN3. The summed E-state index contributed by atoms with van der Waals surface area (Å²) in [6, 6.07) is 8.27. The lowest BCUT2D eigenvalue weighted by molar-refractivity contribution is 0.249. The van der Waals surface area contributed by atoms with Crippen molar-refractivity contribution in [1.82, 2.24) is 9.88 Å². The normalized spacial score (nSPS) is 16.0. The molecular weight excluding hydrogens is 294 g/mol. The van der Waals surface area contributed by atoms with E-state index >= 15 is 0 Å². The zero-order valence-corrected chi connectivity index (χ0v) is 14.0. The molecule has 0 aliphatic carbocycles. The Morgan fingerprint density at radius 1 is 1.05 bits per heavy atom. The third kappa shape index (κ3) is 3.42. The van der Waals surface area contributed by atoms with Gasteiger partial charge >= 0.3 is 0 Å². The van der Waals surface area contributed by atoms with E-state index in [-0.39, 0.29) is 0 Å². The number of hydrogen-bond acceptors (Lipinski definition) is 3. The number of rotatable bonds is 3. The molecule has 0 saturated carbocycles. The first-order valence-corrected chi connectivity index (χ1v) is 8.14. The van der Waals surface area contributed by atoms with Crippen LogP contribution >= 0.6 is 11.6 Å². The van der Waals surface area contributed by atoms with Crippen molar-refractivity contribution in [2.45, 2.75) is 20.4 Å². The van der Waals surface area contributed by atoms with Gasteiger partial charge in [0.05, 0.1) is 0 Å². The number of piperazine rings is 1. The molecule has 1 aromatic carbocycles. The largest absolute Gasteiger partial charge is 0.369 e. The van der Waals surface area contributed by atoms with Crippen LogP contribution in [0.3, 0.4) is 0 Å². The van der Waals surface area contributed by atoms with Crippen molar-refractivity contribution in [3.63, 3.8) is 0 Å². The first-order chi connectivity index (χ1) is 10.6. The number of benzene rings is 1. The number of aromatic nitrogens is 1. The van der Waals surface area contributed by atoms with Crippen LogP contribution in [0.25, 0.3) is 0 Å². The molecule has 1 fully saturated rings. The molecule has 116 valence electrons. The molecule has 2 aromatic rings. The minimum Gasteiger partial charge on any atom is -0.369 e. The van der Waals surface area contributed by atoms with Crippen molar-refractivity contribution in [2.24, 2.45) is 0 Å². The van der Waals surface area contributed by atoms with Crippen LogP contribution < -0.4 is 4.90 Å². The highest BCUT2D eigenvalue weighted by molar-refractivity contribution is 6.30. The van der Waals surface area contributed by atoms with Gasteiger partial charge in [-0.2, -0.15) is 0 Å². The van der Waals surface area contributed by atoms with Crippen LogP contribution in [-0.2, 0) is 6.54 Å². The summed E-state index contributed by atoms with van der Waals surface area (Å²) in [5.74, 6) is 0. The minimum atomic E-state index is 0.815. The molecule has 0 N–H and O–H groups in total. The van der Waals surface area contributed by atoms with Crippen LogP contribution in [-0.4, -0.2) is 36.1 Å². The van der Waals surface area contributed by atoms with Gasteiger partial charge in [0.15, 0.2) is 0 Å². The first kappa shape index (κ1) is 15.3. The summed E-state index contributed by atoms with van der Waals surface area (Å²) in [5.41, 5.74) is 5.22. The highest BCUT2D eigenvalue weighted by atomic mass is 35.5. The fourth-order valence-electron chi connectivity index (χ4n) is 2.99. The number of hydrogen-bond donors (Lipinski definition) is 0. The van der Waals surface area contributed by atoms with Crippen LogP contribution in [0.1, 0.15) is 16.7 Å². The van der Waals surface area contributed by atoms with E-state index in [4.69, 9.17) is 11.6 Å². The van der Waals surface area contributed by atoms with Gasteiger partial charge in [-0.05, 0) is 48.7 Å². The van der Waals surface area contributed by atoms with Gasteiger partial charge in [-0.15, -0.1) is 0 Å². The first-order valence-electron chi connectivity index (χ1n) is 7.76. The Labute approximate surface area is 137 Å². The Hall–Kier alpha value is -1.58. The van der Waals surface area contributed by atoms with E-state index in [0.717, 1.165) is 37.7 Å². The summed E-state index contributed by atoms with van der Waals surface area (Å²) >= 11 is 6.15. The van der Waals surface area contributed by atoms with E-state index in [9.17, 15) is 0 Å². The molecule has 22 heavy (non-hydrogen) atoms. The SMILES string of the molecule is Cc1cnccc1CN1CCN(c2cc(Cl)ccc2C)CC1. The molecule has 0 spiro atoms. The number of pyridine rings is 1. The molecule has 4 heteroatoms. The number of aryl methyl sites for hydroxylation is 2. The second-order valence-electron chi connectivity index (χ2n) is 6.00. The standard InChI is InChI=1S/C18H22ClN3/c1-14-3-4-17(19)11-18(14)22-9-7-21(8-10-22)13-16-5-6-20-12-15(16)2/h3-6,11-12H,7-10,13H2,1-2H3. The van der Waals surface area contributed by atoms with Crippen molar-refractivity contribution in [3.05, 3.63) is 58.4 Å². The molecule has 0 bridgehead atoms. The number of nitrogens with zero attached hydrogens (tertiary/aromatic N) is 3. The zero-order chi connectivity index (χ0) is 15.5. The summed E-state index contributed by atoms with van der Waals surface area (Å²) in [6.45, 7) is 9.54. The summed E-state index contributed by atoms with van der Waals surface area (Å²) in [6.07, 6.45) is 3.83. The van der Waals surface area contributed by atoms with Crippen LogP contribution in [0, 0.1) is 13.8 Å². The summed E-state index contributed by atoms with van der Waals surface area (Å²) in [4.78, 5) is 9.12. The third-order valence-electron chi connectivity index (χ3n) is 4.41. The molecule has 1 aliphatic heterocycles. The van der Waals surface area contributed by atoms with E-state index in [1.54, 1.807) is 0 Å². The van der Waals surface area contributed by atoms with Crippen molar-refractivity contribution in [1.29, 1.82) is 0 Å². The molecule has 0 radical (unpaired) electrons. The van der Waals surface area contributed by atoms with Gasteiger partial charge < -0.3 is 4.90 Å². The maximum absolute atomic E-state index is 6.15. The molecule has 1 aromatic heterocycles. The molecule has 3 rings (SSSR count). The average Bonchev–Trinajstić information content (AvgIpc) is 2.53. The maximum Gasteiger partial charge on any atom is 0.0426 e. The fourth-order valence-corrected chi connectivity index (χ4v) is 3.16. The average molecular weight is 316 g/mol. The molecule has 3 nitrogen and oxygen atoms in total. The van der Waals surface area contributed by atoms with Crippen molar-refractivity contribution in [2.75, 3.05) is 31.1 Å². The maximum atomic E-state index is 6.15. The van der Waals surface area contributed by atoms with Gasteiger partial charge in [0.1, 0.15) is 0 Å². The van der Waals surface area contributed by atoms with Gasteiger partial charge in [-0.1, -0.05) is 17.7 Å². The highest BCUT2D eigenvalue weighted by Crippen LogP contribution is 2.25. The minimum absolute atomic E-state index is 0.815. The Balaban J connectivity index is 1.63. The molecule has 1 aliphatic rings. The van der Waals surface area contributed by atoms with Crippen molar-refractivity contribution < 1.29 is 0 Å². The van der Waals surface area contributed by atoms with Gasteiger partial charge in [0, 0.05) is 55.8 Å². The van der Waals surface area contributed by atoms with Crippen LogP contribution in [0.4, 0.5) is 5.69 Å². The fraction of sp³-hybridized carbons (Fsp3) is 0.389. The van der Waals surface area contributed by atoms with Crippen LogP contribution in [0.15, 0.2) is 36.7 Å². The highest BCUT2D eigenvalue weighted by Gasteiger charge is 2.19. The smallest absolute Gasteiger partial charge is 0.0426 e. The van der Waals surface area contributed by atoms with Crippen molar-refractivity contribution >= 4 is 17.3 Å². The lowest BCUT2D eigenvalue weighted by atomic mass is 10.1. The predicted octanol–water partition coefficient (Wildman–Crippen LogP) is 3.67. The van der Waals surface area contributed by atoms with Gasteiger partial charge in [0.2, 0.25) is 0 Å². The van der Waals surface area contributed by atoms with Gasteiger partial charge in [0.25, 0.3) is 0 Å². The number of anilines is 1. The second-order valence-corrected chi connectivity index (χ2v) is 6.43. The van der Waals surface area contributed by atoms with E-state index < -0.39 is 0 Å². The van der Waals surface area contributed by atoms with Crippen LogP contribution in [0.5, 0.6) is 0 Å². The molecule has 0 amide bonds. The molecule has 1 saturated heterocycles. The van der Waals surface area contributed by atoms with E-state index in [2.05, 4.69) is 46.8 Å². The predicted molar refractivity (Wildman–Crippen MR) is 92.7 cm³/mol. The summed E-state index contributed by atoms with van der Waals surface area (Å²) < 4.78 is 0. The monoisotopic (exact) mass is 315 g/mol. The van der Waals surface area contributed by atoms with Gasteiger partial charge in [-0.25, -0.2) is 0 Å². The number of halogens is 1. The van der Waals surface area contributed by atoms with E-state index in [1.807, 2.05) is 18.5 Å².